The Labute approximate surface area is 61.8 Å². The number of ether oxygens (including phenoxy) is 1. The molecule has 0 rings (SSSR count). The number of rotatable bonds is 5. The molecule has 0 bridgehead atoms. The van der Waals surface area contributed by atoms with E-state index >= 15 is 0 Å². The van der Waals surface area contributed by atoms with Crippen LogP contribution in [0.5, 0.6) is 0 Å². The van der Waals surface area contributed by atoms with Gasteiger partial charge in [-0.1, -0.05) is 0 Å². The molecule has 0 unspecified atom stereocenters. The summed E-state index contributed by atoms with van der Waals surface area (Å²) in [7, 11) is 3.43. The highest BCUT2D eigenvalue weighted by Crippen LogP contribution is 1.90. The molecule has 10 heavy (non-hydrogen) atoms. The molecule has 0 saturated carbocycles. The lowest BCUT2D eigenvalue weighted by Gasteiger charge is -1.99. The van der Waals surface area contributed by atoms with Gasteiger partial charge in [-0.05, 0) is 19.9 Å². The maximum absolute atomic E-state index is 10.6. The molecule has 1 radical (unpaired) electrons. The zero-order valence-corrected chi connectivity index (χ0v) is 6.35. The number of esters is 1. The highest BCUT2D eigenvalue weighted by Gasteiger charge is 1.98. The van der Waals surface area contributed by atoms with E-state index in [1.807, 2.05) is 0 Å². The Balaban J connectivity index is 3.05. The number of carbonyl (C=O) groups is 1. The fourth-order valence-corrected chi connectivity index (χ4v) is 0.591. The molecule has 3 heteroatoms. The highest BCUT2D eigenvalue weighted by atomic mass is 16.5. The minimum atomic E-state index is -0.127. The summed E-state index contributed by atoms with van der Waals surface area (Å²) >= 11 is 0. The molecule has 0 amide bonds. The Bertz CT molecular complexity index is 93.6. The van der Waals surface area contributed by atoms with Gasteiger partial charge in [0.15, 0.2) is 0 Å². The first-order chi connectivity index (χ1) is 4.81. The summed E-state index contributed by atoms with van der Waals surface area (Å²) in [6.45, 7) is 3.03. The van der Waals surface area contributed by atoms with E-state index in [2.05, 4.69) is 12.4 Å². The summed E-state index contributed by atoms with van der Waals surface area (Å²) in [5, 5.41) is 2.71. The molecule has 0 aliphatic carbocycles. The lowest BCUT2D eigenvalue weighted by molar-refractivity contribution is -0.143. The Hall–Kier alpha value is -0.570. The van der Waals surface area contributed by atoms with Crippen molar-refractivity contribution in [2.24, 2.45) is 0 Å². The van der Waals surface area contributed by atoms with E-state index in [0.29, 0.717) is 13.0 Å². The Kier molecular flexibility index (Phi) is 6.18. The molecule has 0 fully saturated rings. The van der Waals surface area contributed by atoms with E-state index in [-0.39, 0.29) is 5.97 Å². The van der Waals surface area contributed by atoms with Crippen LogP contribution in [0.4, 0.5) is 0 Å². The molecule has 0 atom stereocenters. The van der Waals surface area contributed by atoms with Gasteiger partial charge in [-0.15, -0.1) is 0 Å². The first-order valence-electron chi connectivity index (χ1n) is 3.46. The van der Waals surface area contributed by atoms with Crippen LogP contribution >= 0.6 is 0 Å². The van der Waals surface area contributed by atoms with Crippen molar-refractivity contribution in [3.05, 3.63) is 7.05 Å². The van der Waals surface area contributed by atoms with Gasteiger partial charge in [-0.2, -0.15) is 0 Å². The molecule has 0 saturated heterocycles. The standard InChI is InChI=1S/C7H14NO2/c1-3-10-7(9)5-4-6-8-2/h8H,2-6H2,1H3. The molecule has 0 aliphatic heterocycles. The molecular formula is C7H14NO2. The van der Waals surface area contributed by atoms with E-state index in [0.717, 1.165) is 13.0 Å². The van der Waals surface area contributed by atoms with Gasteiger partial charge in [-0.3, -0.25) is 4.79 Å². The van der Waals surface area contributed by atoms with Crippen LogP contribution in [-0.2, 0) is 9.53 Å². The van der Waals surface area contributed by atoms with Crippen molar-refractivity contribution in [2.75, 3.05) is 13.2 Å². The Morgan fingerprint density at radius 3 is 2.90 bits per heavy atom. The topological polar surface area (TPSA) is 38.3 Å². The lowest BCUT2D eigenvalue weighted by atomic mass is 10.3. The Morgan fingerprint density at radius 1 is 1.70 bits per heavy atom. The van der Waals surface area contributed by atoms with Crippen LogP contribution in [0.1, 0.15) is 19.8 Å². The maximum Gasteiger partial charge on any atom is 0.305 e. The molecule has 0 aromatic heterocycles. The third-order valence-corrected chi connectivity index (χ3v) is 1.04. The van der Waals surface area contributed by atoms with Crippen LogP contribution in [0, 0.1) is 7.05 Å². The smallest absolute Gasteiger partial charge is 0.305 e. The SMILES string of the molecule is [CH2]NCCCC(=O)OCC. The lowest BCUT2D eigenvalue weighted by Crippen LogP contribution is -2.09. The summed E-state index contributed by atoms with van der Waals surface area (Å²) in [6.07, 6.45) is 1.28. The summed E-state index contributed by atoms with van der Waals surface area (Å²) < 4.78 is 4.70. The molecule has 0 aromatic rings. The number of carbonyl (C=O) groups excluding carboxylic acids is 1. The molecule has 0 heterocycles. The third kappa shape index (κ3) is 5.56. The fourth-order valence-electron chi connectivity index (χ4n) is 0.591. The van der Waals surface area contributed by atoms with Crippen LogP contribution in [-0.4, -0.2) is 19.1 Å². The van der Waals surface area contributed by atoms with Crippen LogP contribution in [0.3, 0.4) is 0 Å². The van der Waals surface area contributed by atoms with Crippen molar-refractivity contribution in [1.82, 2.24) is 5.32 Å². The summed E-state index contributed by atoms with van der Waals surface area (Å²) in [5.74, 6) is -0.127. The second-order valence-corrected chi connectivity index (χ2v) is 1.91. The molecule has 3 nitrogen and oxygen atoms in total. The normalized spacial score (nSPS) is 9.40. The van der Waals surface area contributed by atoms with Gasteiger partial charge in [-0.25, -0.2) is 0 Å². The molecule has 1 N–H and O–H groups in total. The fraction of sp³-hybridized carbons (Fsp3) is 0.714. The van der Waals surface area contributed by atoms with Crippen LogP contribution in [0.2, 0.25) is 0 Å². The summed E-state index contributed by atoms with van der Waals surface area (Å²) in [4.78, 5) is 10.6. The minimum absolute atomic E-state index is 0.127. The van der Waals surface area contributed by atoms with Crippen molar-refractivity contribution in [3.63, 3.8) is 0 Å². The van der Waals surface area contributed by atoms with Crippen LogP contribution in [0.25, 0.3) is 0 Å². The zero-order chi connectivity index (χ0) is 7.82. The van der Waals surface area contributed by atoms with Crippen molar-refractivity contribution in [2.45, 2.75) is 19.8 Å². The predicted octanol–water partition coefficient (Wildman–Crippen LogP) is 0.711. The first-order valence-corrected chi connectivity index (χ1v) is 3.46. The number of hydrogen-bond acceptors (Lipinski definition) is 3. The second-order valence-electron chi connectivity index (χ2n) is 1.91. The quantitative estimate of drug-likeness (QED) is 0.456. The molecular weight excluding hydrogens is 130 g/mol. The highest BCUT2D eigenvalue weighted by molar-refractivity contribution is 5.69. The van der Waals surface area contributed by atoms with Gasteiger partial charge in [0.25, 0.3) is 0 Å². The zero-order valence-electron chi connectivity index (χ0n) is 6.35. The van der Waals surface area contributed by atoms with E-state index in [4.69, 9.17) is 4.74 Å². The number of hydrogen-bond donors (Lipinski definition) is 1. The van der Waals surface area contributed by atoms with Crippen molar-refractivity contribution in [1.29, 1.82) is 0 Å². The van der Waals surface area contributed by atoms with Gasteiger partial charge in [0.1, 0.15) is 0 Å². The van der Waals surface area contributed by atoms with E-state index in [1.165, 1.54) is 0 Å². The van der Waals surface area contributed by atoms with E-state index in [1.54, 1.807) is 6.92 Å². The average molecular weight is 144 g/mol. The third-order valence-electron chi connectivity index (χ3n) is 1.04. The summed E-state index contributed by atoms with van der Waals surface area (Å²) in [6, 6.07) is 0. The van der Waals surface area contributed by atoms with Gasteiger partial charge in [0.05, 0.1) is 6.61 Å². The Morgan fingerprint density at radius 2 is 2.40 bits per heavy atom. The van der Waals surface area contributed by atoms with Crippen molar-refractivity contribution < 1.29 is 9.53 Å². The predicted molar refractivity (Wildman–Crippen MR) is 39.2 cm³/mol. The summed E-state index contributed by atoms with van der Waals surface area (Å²) in [5.41, 5.74) is 0. The molecule has 59 valence electrons. The minimum Gasteiger partial charge on any atom is -0.466 e. The monoisotopic (exact) mass is 144 g/mol. The maximum atomic E-state index is 10.6. The van der Waals surface area contributed by atoms with Crippen molar-refractivity contribution >= 4 is 5.97 Å². The number of nitrogens with one attached hydrogen (secondary N) is 1. The molecule has 0 aromatic carbocycles. The van der Waals surface area contributed by atoms with E-state index in [9.17, 15) is 4.79 Å². The van der Waals surface area contributed by atoms with Gasteiger partial charge in [0, 0.05) is 13.5 Å². The van der Waals surface area contributed by atoms with Crippen LogP contribution < -0.4 is 5.32 Å². The van der Waals surface area contributed by atoms with Gasteiger partial charge >= 0.3 is 5.97 Å². The van der Waals surface area contributed by atoms with Crippen LogP contribution in [0.15, 0.2) is 0 Å². The average Bonchev–Trinajstić information content (AvgIpc) is 1.89. The molecule has 0 aliphatic rings. The van der Waals surface area contributed by atoms with Crippen molar-refractivity contribution in [3.8, 4) is 0 Å². The van der Waals surface area contributed by atoms with Gasteiger partial charge < -0.3 is 10.1 Å². The molecule has 0 spiro atoms. The van der Waals surface area contributed by atoms with E-state index < -0.39 is 0 Å². The second kappa shape index (κ2) is 6.55. The first kappa shape index (κ1) is 9.43. The van der Waals surface area contributed by atoms with Gasteiger partial charge in [0.2, 0.25) is 0 Å². The largest absolute Gasteiger partial charge is 0.466 e.